The Labute approximate surface area is 121 Å². The van der Waals surface area contributed by atoms with Crippen molar-refractivity contribution in [3.63, 3.8) is 0 Å². The Balaban J connectivity index is 2.28. The van der Waals surface area contributed by atoms with E-state index in [1.165, 1.54) is 31.6 Å². The van der Waals surface area contributed by atoms with Crippen molar-refractivity contribution in [1.29, 1.82) is 0 Å². The Bertz CT molecular complexity index is 669. The fourth-order valence-electron chi connectivity index (χ4n) is 1.57. The van der Waals surface area contributed by atoms with Gasteiger partial charge in [0.2, 0.25) is 10.0 Å². The van der Waals surface area contributed by atoms with E-state index in [-0.39, 0.29) is 17.2 Å². The monoisotopic (exact) mass is 314 g/mol. The number of methoxy groups -OCH3 is 2. The van der Waals surface area contributed by atoms with Crippen molar-refractivity contribution >= 4 is 21.4 Å². The summed E-state index contributed by atoms with van der Waals surface area (Å²) in [6.07, 6.45) is 0. The number of benzene rings is 1. The van der Waals surface area contributed by atoms with Crippen molar-refractivity contribution < 1.29 is 17.9 Å². The number of hydrogen-bond donors (Lipinski definition) is 1. The second-order valence-electron chi connectivity index (χ2n) is 3.82. The van der Waals surface area contributed by atoms with Gasteiger partial charge in [-0.3, -0.25) is 0 Å². The fourth-order valence-corrected chi connectivity index (χ4v) is 3.30. The molecule has 1 aromatic carbocycles. The maximum Gasteiger partial charge on any atom is 0.244 e. The number of aromatic nitrogens is 1. The van der Waals surface area contributed by atoms with Gasteiger partial charge in [0, 0.05) is 11.4 Å². The number of nitrogens with one attached hydrogen (secondary N) is 1. The summed E-state index contributed by atoms with van der Waals surface area (Å²) in [4.78, 5) is 4.06. The Morgan fingerprint density at radius 3 is 2.70 bits per heavy atom. The number of ether oxygens (including phenoxy) is 2. The van der Waals surface area contributed by atoms with E-state index in [1.807, 2.05) is 0 Å². The molecule has 0 bridgehead atoms. The van der Waals surface area contributed by atoms with E-state index in [1.54, 1.807) is 23.0 Å². The number of sulfonamides is 1. The van der Waals surface area contributed by atoms with Crippen LogP contribution >= 0.6 is 11.3 Å². The molecule has 0 saturated heterocycles. The highest BCUT2D eigenvalue weighted by Gasteiger charge is 2.20. The van der Waals surface area contributed by atoms with Crippen LogP contribution in [-0.4, -0.2) is 27.6 Å². The lowest BCUT2D eigenvalue weighted by atomic mass is 10.3. The maximum absolute atomic E-state index is 12.3. The third-order valence-electron chi connectivity index (χ3n) is 2.59. The van der Waals surface area contributed by atoms with Crippen LogP contribution in [-0.2, 0) is 16.6 Å². The van der Waals surface area contributed by atoms with Crippen LogP contribution in [0.4, 0.5) is 0 Å². The van der Waals surface area contributed by atoms with E-state index in [0.29, 0.717) is 11.4 Å². The molecular weight excluding hydrogens is 300 g/mol. The second kappa shape index (κ2) is 6.21. The lowest BCUT2D eigenvalue weighted by molar-refractivity contribution is 0.392. The van der Waals surface area contributed by atoms with Crippen LogP contribution in [0, 0.1) is 0 Å². The van der Waals surface area contributed by atoms with Crippen molar-refractivity contribution in [1.82, 2.24) is 9.71 Å². The van der Waals surface area contributed by atoms with E-state index >= 15 is 0 Å². The first-order valence-electron chi connectivity index (χ1n) is 5.65. The molecule has 0 fully saturated rings. The standard InChI is InChI=1S/C12H14N2O4S2/c1-17-10-3-4-11(18-2)12(5-10)20(15,16)14-6-9-7-19-8-13-9/h3-5,7-8,14H,6H2,1-2H3. The first kappa shape index (κ1) is 14.8. The van der Waals surface area contributed by atoms with Crippen LogP contribution in [0.5, 0.6) is 11.5 Å². The average Bonchev–Trinajstić information content (AvgIpc) is 2.98. The average molecular weight is 314 g/mol. The molecule has 0 atom stereocenters. The smallest absolute Gasteiger partial charge is 0.244 e. The molecule has 6 nitrogen and oxygen atoms in total. The van der Waals surface area contributed by atoms with Gasteiger partial charge in [0.05, 0.1) is 32.0 Å². The molecule has 2 rings (SSSR count). The molecule has 0 aliphatic carbocycles. The van der Waals surface area contributed by atoms with Gasteiger partial charge in [-0.2, -0.15) is 0 Å². The van der Waals surface area contributed by atoms with Crippen LogP contribution in [0.2, 0.25) is 0 Å². The Kier molecular flexibility index (Phi) is 4.58. The summed E-state index contributed by atoms with van der Waals surface area (Å²) in [5, 5.41) is 1.78. The quantitative estimate of drug-likeness (QED) is 0.877. The van der Waals surface area contributed by atoms with Crippen LogP contribution in [0.15, 0.2) is 34.0 Å². The van der Waals surface area contributed by atoms with Crippen molar-refractivity contribution in [2.75, 3.05) is 14.2 Å². The molecule has 0 radical (unpaired) electrons. The SMILES string of the molecule is COc1ccc(OC)c(S(=O)(=O)NCc2cscn2)c1. The molecule has 1 heterocycles. The van der Waals surface area contributed by atoms with Crippen LogP contribution in [0.25, 0.3) is 0 Å². The van der Waals surface area contributed by atoms with Crippen molar-refractivity contribution in [2.24, 2.45) is 0 Å². The van der Waals surface area contributed by atoms with Crippen molar-refractivity contribution in [3.05, 3.63) is 34.8 Å². The summed E-state index contributed by atoms with van der Waals surface area (Å²) >= 11 is 1.41. The van der Waals surface area contributed by atoms with Gasteiger partial charge < -0.3 is 9.47 Å². The fraction of sp³-hybridized carbons (Fsp3) is 0.250. The van der Waals surface area contributed by atoms with Gasteiger partial charge in [-0.15, -0.1) is 11.3 Å². The van der Waals surface area contributed by atoms with Gasteiger partial charge >= 0.3 is 0 Å². The zero-order valence-corrected chi connectivity index (χ0v) is 12.6. The van der Waals surface area contributed by atoms with E-state index in [4.69, 9.17) is 9.47 Å². The van der Waals surface area contributed by atoms with Crippen LogP contribution in [0.1, 0.15) is 5.69 Å². The predicted octanol–water partition coefficient (Wildman–Crippen LogP) is 1.64. The van der Waals surface area contributed by atoms with Crippen LogP contribution < -0.4 is 14.2 Å². The number of hydrogen-bond acceptors (Lipinski definition) is 6. The first-order chi connectivity index (χ1) is 9.56. The van der Waals surface area contributed by atoms with E-state index in [2.05, 4.69) is 9.71 Å². The zero-order valence-electron chi connectivity index (χ0n) is 11.0. The van der Waals surface area contributed by atoms with E-state index in [9.17, 15) is 8.42 Å². The largest absolute Gasteiger partial charge is 0.497 e. The summed E-state index contributed by atoms with van der Waals surface area (Å²) in [6, 6.07) is 4.61. The molecule has 1 aromatic heterocycles. The van der Waals surface area contributed by atoms with Gasteiger partial charge in [-0.05, 0) is 12.1 Å². The molecule has 0 aliphatic heterocycles. The predicted molar refractivity (Wildman–Crippen MR) is 75.7 cm³/mol. The summed E-state index contributed by atoms with van der Waals surface area (Å²) in [5.41, 5.74) is 2.32. The highest BCUT2D eigenvalue weighted by molar-refractivity contribution is 7.89. The number of thiazole rings is 1. The highest BCUT2D eigenvalue weighted by atomic mass is 32.2. The normalized spacial score (nSPS) is 11.3. The third kappa shape index (κ3) is 3.27. The molecule has 108 valence electrons. The first-order valence-corrected chi connectivity index (χ1v) is 8.08. The molecular formula is C12H14N2O4S2. The lowest BCUT2D eigenvalue weighted by Crippen LogP contribution is -2.24. The summed E-state index contributed by atoms with van der Waals surface area (Å²) < 4.78 is 37.2. The van der Waals surface area contributed by atoms with Gasteiger partial charge in [0.25, 0.3) is 0 Å². The van der Waals surface area contributed by atoms with E-state index in [0.717, 1.165) is 0 Å². The van der Waals surface area contributed by atoms with Crippen LogP contribution in [0.3, 0.4) is 0 Å². The third-order valence-corrected chi connectivity index (χ3v) is 4.64. The van der Waals surface area contributed by atoms with Gasteiger partial charge in [-0.1, -0.05) is 0 Å². The second-order valence-corrected chi connectivity index (χ2v) is 6.28. The topological polar surface area (TPSA) is 77.5 Å². The molecule has 0 spiro atoms. The van der Waals surface area contributed by atoms with Crippen molar-refractivity contribution in [3.8, 4) is 11.5 Å². The Hall–Kier alpha value is -1.64. The molecule has 0 unspecified atom stereocenters. The molecule has 2 aromatic rings. The molecule has 1 N–H and O–H groups in total. The minimum atomic E-state index is -3.70. The Morgan fingerprint density at radius 2 is 2.10 bits per heavy atom. The van der Waals surface area contributed by atoms with Crippen molar-refractivity contribution in [2.45, 2.75) is 11.4 Å². The molecule has 0 amide bonds. The molecule has 20 heavy (non-hydrogen) atoms. The minimum absolute atomic E-state index is 0.0366. The maximum atomic E-state index is 12.3. The molecule has 0 saturated carbocycles. The highest BCUT2D eigenvalue weighted by Crippen LogP contribution is 2.28. The lowest BCUT2D eigenvalue weighted by Gasteiger charge is -2.11. The minimum Gasteiger partial charge on any atom is -0.497 e. The van der Waals surface area contributed by atoms with E-state index < -0.39 is 10.0 Å². The summed E-state index contributed by atoms with van der Waals surface area (Å²) in [6.45, 7) is 0.131. The Morgan fingerprint density at radius 1 is 1.30 bits per heavy atom. The summed E-state index contributed by atoms with van der Waals surface area (Å²) in [7, 11) is -0.811. The summed E-state index contributed by atoms with van der Waals surface area (Å²) in [5.74, 6) is 0.705. The van der Waals surface area contributed by atoms with Gasteiger partial charge in [-0.25, -0.2) is 18.1 Å². The van der Waals surface area contributed by atoms with Gasteiger partial charge in [0.1, 0.15) is 16.4 Å². The van der Waals surface area contributed by atoms with Gasteiger partial charge in [0.15, 0.2) is 0 Å². The molecule has 0 aliphatic rings. The number of nitrogens with zero attached hydrogens (tertiary/aromatic N) is 1. The number of rotatable bonds is 6. The zero-order chi connectivity index (χ0) is 14.6. The molecule has 8 heteroatoms.